The van der Waals surface area contributed by atoms with E-state index in [1.807, 2.05) is 20.8 Å². The van der Waals surface area contributed by atoms with Gasteiger partial charge < -0.3 is 9.47 Å². The molecule has 0 aromatic heterocycles. The fraction of sp³-hybridized carbons (Fsp3) is 0.438. The summed E-state index contributed by atoms with van der Waals surface area (Å²) in [5.41, 5.74) is 0.188. The van der Waals surface area contributed by atoms with Gasteiger partial charge in [-0.15, -0.1) is 12.3 Å². The average Bonchev–Trinajstić information content (AvgIpc) is 2.38. The van der Waals surface area contributed by atoms with E-state index in [0.717, 1.165) is 11.4 Å². The summed E-state index contributed by atoms with van der Waals surface area (Å²) in [6.07, 6.45) is 5.34. The number of hydrogen-bond acceptors (Lipinski definition) is 3. The highest BCUT2D eigenvalue weighted by atomic mass is 16.6. The van der Waals surface area contributed by atoms with Crippen molar-refractivity contribution in [2.75, 3.05) is 18.6 Å². The Morgan fingerprint density at radius 2 is 1.90 bits per heavy atom. The molecule has 0 aliphatic carbocycles. The first-order valence-electron chi connectivity index (χ1n) is 6.45. The second-order valence-electron chi connectivity index (χ2n) is 5.28. The zero-order valence-electron chi connectivity index (χ0n) is 12.5. The first-order valence-corrected chi connectivity index (χ1v) is 6.45. The minimum absolute atomic E-state index is 0.405. The van der Waals surface area contributed by atoms with Crippen LogP contribution in [0.25, 0.3) is 0 Å². The van der Waals surface area contributed by atoms with Gasteiger partial charge in [-0.2, -0.15) is 0 Å². The van der Waals surface area contributed by atoms with E-state index < -0.39 is 11.7 Å². The van der Waals surface area contributed by atoms with Crippen molar-refractivity contribution < 1.29 is 14.3 Å². The van der Waals surface area contributed by atoms with Crippen molar-refractivity contribution in [1.29, 1.82) is 0 Å². The third kappa shape index (κ3) is 4.85. The van der Waals surface area contributed by atoms with Crippen molar-refractivity contribution in [3.63, 3.8) is 0 Å². The SMILES string of the molecule is C#CCCN(C(=O)OC(C)(C)C)c1ccc(OC)cc1. The number of carbonyl (C=O) groups excluding carboxylic acids is 1. The third-order valence-corrected chi connectivity index (χ3v) is 2.48. The molecule has 1 rings (SSSR count). The maximum atomic E-state index is 12.2. The molecule has 4 heteroatoms. The minimum Gasteiger partial charge on any atom is -0.497 e. The predicted molar refractivity (Wildman–Crippen MR) is 80.0 cm³/mol. The molecule has 0 unspecified atom stereocenters. The maximum Gasteiger partial charge on any atom is 0.414 e. The van der Waals surface area contributed by atoms with Crippen molar-refractivity contribution in [2.45, 2.75) is 32.8 Å². The molecule has 0 spiro atoms. The van der Waals surface area contributed by atoms with Crippen molar-refractivity contribution in [1.82, 2.24) is 0 Å². The molecule has 108 valence electrons. The van der Waals surface area contributed by atoms with Gasteiger partial charge >= 0.3 is 6.09 Å². The van der Waals surface area contributed by atoms with Crippen LogP contribution in [0.4, 0.5) is 10.5 Å². The summed E-state index contributed by atoms with van der Waals surface area (Å²) in [5, 5.41) is 0. The van der Waals surface area contributed by atoms with Crippen LogP contribution < -0.4 is 9.64 Å². The number of terminal acetylenes is 1. The van der Waals surface area contributed by atoms with Crippen LogP contribution >= 0.6 is 0 Å². The molecule has 0 fully saturated rings. The fourth-order valence-electron chi connectivity index (χ4n) is 1.58. The molecule has 1 aromatic carbocycles. The van der Waals surface area contributed by atoms with E-state index in [-0.39, 0.29) is 0 Å². The van der Waals surface area contributed by atoms with Crippen molar-refractivity contribution in [2.24, 2.45) is 0 Å². The van der Waals surface area contributed by atoms with Crippen molar-refractivity contribution >= 4 is 11.8 Å². The molecule has 1 aromatic rings. The Morgan fingerprint density at radius 1 is 1.30 bits per heavy atom. The van der Waals surface area contributed by atoms with E-state index in [2.05, 4.69) is 5.92 Å². The molecule has 0 saturated heterocycles. The molecular weight excluding hydrogens is 254 g/mol. The van der Waals surface area contributed by atoms with Gasteiger partial charge in [-0.3, -0.25) is 4.90 Å². The van der Waals surface area contributed by atoms with Crippen LogP contribution in [0.2, 0.25) is 0 Å². The van der Waals surface area contributed by atoms with Crippen molar-refractivity contribution in [3.05, 3.63) is 24.3 Å². The molecule has 0 N–H and O–H groups in total. The molecule has 0 aliphatic rings. The van der Waals surface area contributed by atoms with Gasteiger partial charge in [0.15, 0.2) is 0 Å². The van der Waals surface area contributed by atoms with Crippen LogP contribution in [0.1, 0.15) is 27.2 Å². The Hall–Kier alpha value is -2.15. The summed E-state index contributed by atoms with van der Waals surface area (Å²) in [7, 11) is 1.60. The second-order valence-corrected chi connectivity index (χ2v) is 5.28. The van der Waals surface area contributed by atoms with Crippen LogP contribution in [0.15, 0.2) is 24.3 Å². The van der Waals surface area contributed by atoms with Crippen LogP contribution in [-0.2, 0) is 4.74 Å². The largest absolute Gasteiger partial charge is 0.497 e. The molecule has 0 radical (unpaired) electrons. The first-order chi connectivity index (χ1) is 9.37. The molecular formula is C16H21NO3. The highest BCUT2D eigenvalue weighted by Crippen LogP contribution is 2.21. The van der Waals surface area contributed by atoms with Gasteiger partial charge in [-0.25, -0.2) is 4.79 Å². The number of benzene rings is 1. The summed E-state index contributed by atoms with van der Waals surface area (Å²) >= 11 is 0. The fourth-order valence-corrected chi connectivity index (χ4v) is 1.58. The quantitative estimate of drug-likeness (QED) is 0.790. The van der Waals surface area contributed by atoms with Gasteiger partial charge in [0.05, 0.1) is 7.11 Å². The Labute approximate surface area is 120 Å². The number of hydrogen-bond donors (Lipinski definition) is 0. The summed E-state index contributed by atoms with van der Waals surface area (Å²) in [4.78, 5) is 13.8. The van der Waals surface area contributed by atoms with E-state index in [1.54, 1.807) is 31.4 Å². The van der Waals surface area contributed by atoms with Gasteiger partial charge in [-0.1, -0.05) is 0 Å². The van der Waals surface area contributed by atoms with E-state index in [4.69, 9.17) is 15.9 Å². The Morgan fingerprint density at radius 3 is 2.35 bits per heavy atom. The highest BCUT2D eigenvalue weighted by molar-refractivity contribution is 5.88. The number of amides is 1. The summed E-state index contributed by atoms with van der Waals surface area (Å²) in [6, 6.07) is 7.20. The lowest BCUT2D eigenvalue weighted by Crippen LogP contribution is -2.37. The normalized spacial score (nSPS) is 10.6. The lowest BCUT2D eigenvalue weighted by molar-refractivity contribution is 0.0581. The standard InChI is InChI=1S/C16H21NO3/c1-6-7-12-17(15(18)20-16(2,3)4)13-8-10-14(19-5)11-9-13/h1,8-11H,7,12H2,2-5H3. The molecule has 0 saturated carbocycles. The number of ether oxygens (including phenoxy) is 2. The van der Waals surface area contributed by atoms with E-state index >= 15 is 0 Å². The highest BCUT2D eigenvalue weighted by Gasteiger charge is 2.22. The van der Waals surface area contributed by atoms with Crippen LogP contribution in [0.3, 0.4) is 0 Å². The average molecular weight is 275 g/mol. The number of carbonyl (C=O) groups is 1. The molecule has 20 heavy (non-hydrogen) atoms. The number of rotatable bonds is 4. The smallest absolute Gasteiger partial charge is 0.414 e. The molecule has 0 bridgehead atoms. The lowest BCUT2D eigenvalue weighted by Gasteiger charge is -2.27. The summed E-state index contributed by atoms with van der Waals surface area (Å²) < 4.78 is 10.5. The first kappa shape index (κ1) is 15.9. The Balaban J connectivity index is 2.92. The minimum atomic E-state index is -0.544. The number of nitrogens with zero attached hydrogens (tertiary/aromatic N) is 1. The van der Waals surface area contributed by atoms with Crippen LogP contribution in [0.5, 0.6) is 5.75 Å². The number of anilines is 1. The summed E-state index contributed by atoms with van der Waals surface area (Å²) in [5.74, 6) is 3.27. The van der Waals surface area contributed by atoms with E-state index in [1.165, 1.54) is 4.90 Å². The molecule has 0 atom stereocenters. The zero-order valence-corrected chi connectivity index (χ0v) is 12.5. The molecule has 4 nitrogen and oxygen atoms in total. The zero-order chi connectivity index (χ0) is 15.2. The van der Waals surface area contributed by atoms with Crippen molar-refractivity contribution in [3.8, 4) is 18.1 Å². The molecule has 0 heterocycles. The molecule has 0 aliphatic heterocycles. The van der Waals surface area contributed by atoms with E-state index in [9.17, 15) is 4.79 Å². The Kier molecular flexibility index (Phi) is 5.45. The van der Waals surface area contributed by atoms with Crippen LogP contribution in [0, 0.1) is 12.3 Å². The topological polar surface area (TPSA) is 38.8 Å². The third-order valence-electron chi connectivity index (χ3n) is 2.48. The van der Waals surface area contributed by atoms with E-state index in [0.29, 0.717) is 13.0 Å². The monoisotopic (exact) mass is 275 g/mol. The Bertz CT molecular complexity index is 480. The second kappa shape index (κ2) is 6.85. The van der Waals surface area contributed by atoms with Gasteiger partial charge in [0.2, 0.25) is 0 Å². The van der Waals surface area contributed by atoms with Crippen LogP contribution in [-0.4, -0.2) is 25.3 Å². The van der Waals surface area contributed by atoms with Gasteiger partial charge in [0, 0.05) is 18.7 Å². The predicted octanol–water partition coefficient (Wildman–Crippen LogP) is 3.46. The van der Waals surface area contributed by atoms with Gasteiger partial charge in [0.1, 0.15) is 11.4 Å². The summed E-state index contributed by atoms with van der Waals surface area (Å²) in [6.45, 7) is 5.91. The molecule has 1 amide bonds. The van der Waals surface area contributed by atoms with Gasteiger partial charge in [0.25, 0.3) is 0 Å². The van der Waals surface area contributed by atoms with Gasteiger partial charge in [-0.05, 0) is 45.0 Å². The number of methoxy groups -OCH3 is 1. The lowest BCUT2D eigenvalue weighted by atomic mass is 10.2. The maximum absolute atomic E-state index is 12.2.